The van der Waals surface area contributed by atoms with Crippen LogP contribution in [-0.2, 0) is 0 Å². The van der Waals surface area contributed by atoms with Crippen molar-refractivity contribution in [3.05, 3.63) is 29.3 Å². The molecule has 1 rings (SSSR count). The van der Waals surface area contributed by atoms with E-state index in [4.69, 9.17) is 11.0 Å². The van der Waals surface area contributed by atoms with E-state index < -0.39 is 0 Å². The van der Waals surface area contributed by atoms with Crippen molar-refractivity contribution >= 4 is 11.6 Å². The third kappa shape index (κ3) is 3.22. The molecular weight excluding hydrogens is 214 g/mol. The first-order valence-electron chi connectivity index (χ1n) is 5.47. The van der Waals surface area contributed by atoms with Crippen LogP contribution in [-0.4, -0.2) is 24.4 Å². The SMILES string of the molecule is Cc1ccc(C(=O)N(C)CC(C)C#N)cc1N. The van der Waals surface area contributed by atoms with Gasteiger partial charge in [0.15, 0.2) is 0 Å². The van der Waals surface area contributed by atoms with Crippen LogP contribution in [0.2, 0.25) is 0 Å². The van der Waals surface area contributed by atoms with Crippen molar-refractivity contribution in [1.82, 2.24) is 4.90 Å². The first kappa shape index (κ1) is 13.0. The molecule has 4 nitrogen and oxygen atoms in total. The topological polar surface area (TPSA) is 70.1 Å². The molecule has 0 spiro atoms. The quantitative estimate of drug-likeness (QED) is 0.806. The largest absolute Gasteiger partial charge is 0.398 e. The van der Waals surface area contributed by atoms with E-state index in [9.17, 15) is 4.79 Å². The van der Waals surface area contributed by atoms with Crippen LogP contribution in [0, 0.1) is 24.2 Å². The van der Waals surface area contributed by atoms with Crippen molar-refractivity contribution in [1.29, 1.82) is 5.26 Å². The molecule has 0 saturated carbocycles. The summed E-state index contributed by atoms with van der Waals surface area (Å²) in [5.41, 5.74) is 7.88. The normalized spacial score (nSPS) is 11.6. The molecule has 0 aliphatic heterocycles. The van der Waals surface area contributed by atoms with Gasteiger partial charge in [0.1, 0.15) is 0 Å². The van der Waals surface area contributed by atoms with E-state index in [0.29, 0.717) is 17.8 Å². The number of nitrogens with two attached hydrogens (primary N) is 1. The Hall–Kier alpha value is -2.02. The number of nitrogen functional groups attached to an aromatic ring is 1. The fourth-order valence-electron chi connectivity index (χ4n) is 1.53. The van der Waals surface area contributed by atoms with Crippen molar-refractivity contribution in [2.24, 2.45) is 5.92 Å². The molecule has 0 radical (unpaired) electrons. The van der Waals surface area contributed by atoms with Crippen LogP contribution in [0.25, 0.3) is 0 Å². The summed E-state index contributed by atoms with van der Waals surface area (Å²) in [7, 11) is 1.69. The molecule has 1 unspecified atom stereocenters. The minimum absolute atomic E-state index is 0.112. The number of hydrogen-bond donors (Lipinski definition) is 1. The van der Waals surface area contributed by atoms with Gasteiger partial charge in [0.2, 0.25) is 0 Å². The first-order chi connectivity index (χ1) is 7.95. The van der Waals surface area contributed by atoms with Crippen LogP contribution < -0.4 is 5.73 Å². The maximum atomic E-state index is 12.0. The Morgan fingerprint density at radius 1 is 1.59 bits per heavy atom. The molecule has 0 bridgehead atoms. The van der Waals surface area contributed by atoms with E-state index in [1.54, 1.807) is 26.1 Å². The van der Waals surface area contributed by atoms with E-state index in [-0.39, 0.29) is 11.8 Å². The number of carbonyl (C=O) groups excluding carboxylic acids is 1. The van der Waals surface area contributed by atoms with Crippen molar-refractivity contribution in [2.45, 2.75) is 13.8 Å². The molecule has 17 heavy (non-hydrogen) atoms. The highest BCUT2D eigenvalue weighted by molar-refractivity contribution is 5.95. The molecule has 0 fully saturated rings. The number of benzene rings is 1. The van der Waals surface area contributed by atoms with Gasteiger partial charge in [0.25, 0.3) is 5.91 Å². The lowest BCUT2D eigenvalue weighted by atomic mass is 10.1. The van der Waals surface area contributed by atoms with Gasteiger partial charge >= 0.3 is 0 Å². The van der Waals surface area contributed by atoms with Gasteiger partial charge in [-0.2, -0.15) is 5.26 Å². The van der Waals surface area contributed by atoms with Crippen LogP contribution in [0.5, 0.6) is 0 Å². The fourth-order valence-corrected chi connectivity index (χ4v) is 1.53. The van der Waals surface area contributed by atoms with Crippen LogP contribution in [0.1, 0.15) is 22.8 Å². The molecule has 2 N–H and O–H groups in total. The summed E-state index contributed by atoms with van der Waals surface area (Å²) < 4.78 is 0. The first-order valence-corrected chi connectivity index (χ1v) is 5.47. The Bertz CT molecular complexity index is 462. The van der Waals surface area contributed by atoms with Gasteiger partial charge in [-0.15, -0.1) is 0 Å². The molecule has 1 atom stereocenters. The van der Waals surface area contributed by atoms with Crippen molar-refractivity contribution in [3.8, 4) is 6.07 Å². The van der Waals surface area contributed by atoms with Gasteiger partial charge in [-0.05, 0) is 31.5 Å². The maximum absolute atomic E-state index is 12.0. The highest BCUT2D eigenvalue weighted by Gasteiger charge is 2.14. The lowest BCUT2D eigenvalue weighted by Gasteiger charge is -2.18. The monoisotopic (exact) mass is 231 g/mol. The predicted octanol–water partition coefficient (Wildman–Crippen LogP) is 1.81. The number of nitriles is 1. The highest BCUT2D eigenvalue weighted by Crippen LogP contribution is 2.14. The highest BCUT2D eigenvalue weighted by atomic mass is 16.2. The van der Waals surface area contributed by atoms with Gasteiger partial charge in [0.05, 0.1) is 12.0 Å². The molecule has 4 heteroatoms. The maximum Gasteiger partial charge on any atom is 0.253 e. The smallest absolute Gasteiger partial charge is 0.253 e. The molecule has 0 aliphatic rings. The van der Waals surface area contributed by atoms with Crippen LogP contribution >= 0.6 is 0 Å². The van der Waals surface area contributed by atoms with Gasteiger partial charge in [0, 0.05) is 24.8 Å². The number of hydrogen-bond acceptors (Lipinski definition) is 3. The predicted molar refractivity (Wildman–Crippen MR) is 67.3 cm³/mol. The average Bonchev–Trinajstić information content (AvgIpc) is 2.31. The minimum atomic E-state index is -0.174. The van der Waals surface area contributed by atoms with Gasteiger partial charge in [-0.1, -0.05) is 6.07 Å². The third-order valence-corrected chi connectivity index (χ3v) is 2.64. The lowest BCUT2D eigenvalue weighted by Crippen LogP contribution is -2.30. The summed E-state index contributed by atoms with van der Waals surface area (Å²) in [6, 6.07) is 7.35. The van der Waals surface area contributed by atoms with Crippen LogP contribution in [0.15, 0.2) is 18.2 Å². The third-order valence-electron chi connectivity index (χ3n) is 2.64. The second-order valence-corrected chi connectivity index (χ2v) is 4.29. The molecule has 0 saturated heterocycles. The molecule has 1 amide bonds. The number of anilines is 1. The summed E-state index contributed by atoms with van der Waals surface area (Å²) in [4.78, 5) is 13.6. The molecule has 0 aliphatic carbocycles. The number of amides is 1. The van der Waals surface area contributed by atoms with Gasteiger partial charge in [-0.3, -0.25) is 4.79 Å². The van der Waals surface area contributed by atoms with Crippen LogP contribution in [0.4, 0.5) is 5.69 Å². The Morgan fingerprint density at radius 3 is 2.76 bits per heavy atom. The van der Waals surface area contributed by atoms with Crippen molar-refractivity contribution in [2.75, 3.05) is 19.3 Å². The second kappa shape index (κ2) is 5.35. The van der Waals surface area contributed by atoms with E-state index in [1.807, 2.05) is 13.0 Å². The number of aryl methyl sites for hydroxylation is 1. The molecule has 0 aromatic heterocycles. The zero-order chi connectivity index (χ0) is 13.0. The minimum Gasteiger partial charge on any atom is -0.398 e. The summed E-state index contributed by atoms with van der Waals surface area (Å²) >= 11 is 0. The number of carbonyl (C=O) groups is 1. The van der Waals surface area contributed by atoms with E-state index in [0.717, 1.165) is 5.56 Å². The summed E-state index contributed by atoms with van der Waals surface area (Å²) in [5, 5.41) is 8.71. The van der Waals surface area contributed by atoms with E-state index in [1.165, 1.54) is 4.90 Å². The molecule has 90 valence electrons. The Morgan fingerprint density at radius 2 is 2.24 bits per heavy atom. The average molecular weight is 231 g/mol. The summed E-state index contributed by atoms with van der Waals surface area (Å²) in [5.74, 6) is -0.287. The number of nitrogens with zero attached hydrogens (tertiary/aromatic N) is 2. The summed E-state index contributed by atoms with van der Waals surface area (Å²) in [6.07, 6.45) is 0. The summed E-state index contributed by atoms with van der Waals surface area (Å²) in [6.45, 7) is 4.10. The zero-order valence-electron chi connectivity index (χ0n) is 10.4. The van der Waals surface area contributed by atoms with Crippen LogP contribution in [0.3, 0.4) is 0 Å². The second-order valence-electron chi connectivity index (χ2n) is 4.29. The van der Waals surface area contributed by atoms with E-state index in [2.05, 4.69) is 6.07 Å². The van der Waals surface area contributed by atoms with E-state index >= 15 is 0 Å². The Kier molecular flexibility index (Phi) is 4.11. The fraction of sp³-hybridized carbons (Fsp3) is 0.385. The zero-order valence-corrected chi connectivity index (χ0v) is 10.4. The standard InChI is InChI=1S/C13H17N3O/c1-9(7-14)8-16(3)13(17)11-5-4-10(2)12(15)6-11/h4-6,9H,8,15H2,1-3H3. The van der Waals surface area contributed by atoms with Crippen molar-refractivity contribution in [3.63, 3.8) is 0 Å². The van der Waals surface area contributed by atoms with Gasteiger partial charge < -0.3 is 10.6 Å². The molecule has 0 heterocycles. The Balaban J connectivity index is 2.82. The lowest BCUT2D eigenvalue weighted by molar-refractivity contribution is 0.0785. The number of rotatable bonds is 3. The van der Waals surface area contributed by atoms with Crippen molar-refractivity contribution < 1.29 is 4.79 Å². The molecule has 1 aromatic rings. The Labute approximate surface area is 102 Å². The molecular formula is C13H17N3O. The van der Waals surface area contributed by atoms with Gasteiger partial charge in [-0.25, -0.2) is 0 Å². The molecule has 1 aromatic carbocycles.